The number of rotatable bonds is 8. The summed E-state index contributed by atoms with van der Waals surface area (Å²) >= 11 is 1.02. The fraction of sp³-hybridized carbons (Fsp3) is 0.0833. The number of aryl methyl sites for hydroxylation is 1. The normalized spacial score (nSPS) is 10.6. The highest BCUT2D eigenvalue weighted by Gasteiger charge is 2.19. The maximum absolute atomic E-state index is 14.1. The van der Waals surface area contributed by atoms with E-state index in [-0.39, 0.29) is 11.3 Å². The largest absolute Gasteiger partial charge is 0.486 e. The smallest absolute Gasteiger partial charge is 0.270 e. The van der Waals surface area contributed by atoms with Gasteiger partial charge in [0.1, 0.15) is 24.0 Å². The van der Waals surface area contributed by atoms with E-state index in [1.165, 1.54) is 24.3 Å². The molecule has 10 heteroatoms. The third-order valence-electron chi connectivity index (χ3n) is 4.88. The molecule has 172 valence electrons. The predicted octanol–water partition coefficient (Wildman–Crippen LogP) is 5.45. The van der Waals surface area contributed by atoms with Gasteiger partial charge in [0.15, 0.2) is 0 Å². The number of nitro groups is 1. The van der Waals surface area contributed by atoms with Crippen LogP contribution in [0.2, 0.25) is 0 Å². The molecular weight excluding hydrogens is 459 g/mol. The van der Waals surface area contributed by atoms with Crippen LogP contribution in [0.25, 0.3) is 0 Å². The van der Waals surface area contributed by atoms with E-state index >= 15 is 0 Å². The van der Waals surface area contributed by atoms with Gasteiger partial charge in [0.05, 0.1) is 10.5 Å². The van der Waals surface area contributed by atoms with Gasteiger partial charge in [0, 0.05) is 47.1 Å². The molecule has 4 aromatic rings. The Bertz CT molecular complexity index is 1340. The Kier molecular flexibility index (Phi) is 6.88. The summed E-state index contributed by atoms with van der Waals surface area (Å²) in [6, 6.07) is 16.7. The highest BCUT2D eigenvalue weighted by molar-refractivity contribution is 7.99. The molecule has 0 saturated carbocycles. The Morgan fingerprint density at radius 3 is 2.59 bits per heavy atom. The summed E-state index contributed by atoms with van der Waals surface area (Å²) in [7, 11) is 1.87. The fourth-order valence-corrected chi connectivity index (χ4v) is 4.01. The third kappa shape index (κ3) is 5.41. The van der Waals surface area contributed by atoms with Crippen LogP contribution in [0.4, 0.5) is 15.8 Å². The monoisotopic (exact) mass is 478 g/mol. The van der Waals surface area contributed by atoms with Gasteiger partial charge < -0.3 is 14.6 Å². The molecular formula is C24H19FN4O4S. The van der Waals surface area contributed by atoms with E-state index in [4.69, 9.17) is 4.74 Å². The van der Waals surface area contributed by atoms with E-state index in [2.05, 4.69) is 10.3 Å². The Morgan fingerprint density at radius 1 is 1.15 bits per heavy atom. The summed E-state index contributed by atoms with van der Waals surface area (Å²) in [6.45, 7) is 0.291. The molecule has 1 amide bonds. The molecule has 1 N–H and O–H groups in total. The number of nitrogens with one attached hydrogen (secondary N) is 1. The fourth-order valence-electron chi connectivity index (χ4n) is 3.06. The summed E-state index contributed by atoms with van der Waals surface area (Å²) in [4.78, 5) is 28.6. The molecule has 8 nitrogen and oxygen atoms in total. The molecule has 0 atom stereocenters. The van der Waals surface area contributed by atoms with Crippen molar-refractivity contribution in [3.05, 3.63) is 106 Å². The number of halogens is 1. The molecule has 0 fully saturated rings. The summed E-state index contributed by atoms with van der Waals surface area (Å²) in [5.74, 6) is 0.359. The van der Waals surface area contributed by atoms with E-state index in [1.54, 1.807) is 48.7 Å². The van der Waals surface area contributed by atoms with E-state index in [0.717, 1.165) is 17.6 Å². The molecule has 0 aliphatic heterocycles. The van der Waals surface area contributed by atoms with Crippen LogP contribution in [0.15, 0.2) is 88.9 Å². The number of carbonyl (C=O) groups is 1. The van der Waals surface area contributed by atoms with E-state index in [0.29, 0.717) is 27.8 Å². The number of amides is 1. The minimum atomic E-state index is -0.581. The average Bonchev–Trinajstić information content (AvgIpc) is 3.24. The zero-order valence-corrected chi connectivity index (χ0v) is 18.8. The van der Waals surface area contributed by atoms with Gasteiger partial charge in [-0.05, 0) is 42.5 Å². The van der Waals surface area contributed by atoms with E-state index in [1.807, 2.05) is 17.8 Å². The first-order valence-corrected chi connectivity index (χ1v) is 10.9. The van der Waals surface area contributed by atoms with Crippen LogP contribution >= 0.6 is 11.8 Å². The lowest BCUT2D eigenvalue weighted by Gasteiger charge is -2.11. The lowest BCUT2D eigenvalue weighted by molar-refractivity contribution is -0.384. The molecule has 1 heterocycles. The van der Waals surface area contributed by atoms with Gasteiger partial charge >= 0.3 is 0 Å². The number of nitro benzene ring substituents is 1. The van der Waals surface area contributed by atoms with Crippen molar-refractivity contribution in [3.8, 4) is 5.75 Å². The topological polar surface area (TPSA) is 99.3 Å². The van der Waals surface area contributed by atoms with Crippen molar-refractivity contribution < 1.29 is 18.8 Å². The average molecular weight is 479 g/mol. The number of anilines is 1. The maximum atomic E-state index is 14.1. The number of non-ortho nitro benzene ring substituents is 1. The van der Waals surface area contributed by atoms with Crippen molar-refractivity contribution >= 4 is 29.0 Å². The Labute approximate surface area is 198 Å². The summed E-state index contributed by atoms with van der Waals surface area (Å²) < 4.78 is 21.7. The lowest BCUT2D eigenvalue weighted by atomic mass is 10.2. The second-order valence-electron chi connectivity index (χ2n) is 7.19. The zero-order chi connectivity index (χ0) is 24.1. The summed E-state index contributed by atoms with van der Waals surface area (Å²) in [6.07, 6.45) is 3.51. The second kappa shape index (κ2) is 10.2. The minimum absolute atomic E-state index is 0.0672. The number of nitrogens with zero attached hydrogens (tertiary/aromatic N) is 3. The van der Waals surface area contributed by atoms with Gasteiger partial charge in [0.2, 0.25) is 0 Å². The van der Waals surface area contributed by atoms with Crippen LogP contribution < -0.4 is 10.1 Å². The van der Waals surface area contributed by atoms with Crippen LogP contribution in [0.1, 0.15) is 16.2 Å². The van der Waals surface area contributed by atoms with Crippen molar-refractivity contribution in [2.75, 3.05) is 5.32 Å². The zero-order valence-electron chi connectivity index (χ0n) is 18.0. The Hall–Kier alpha value is -4.18. The van der Waals surface area contributed by atoms with Gasteiger partial charge in [-0.3, -0.25) is 14.9 Å². The van der Waals surface area contributed by atoms with Gasteiger partial charge in [-0.15, -0.1) is 0 Å². The highest BCUT2D eigenvalue weighted by Crippen LogP contribution is 2.34. The van der Waals surface area contributed by atoms with Crippen molar-refractivity contribution in [2.45, 2.75) is 16.4 Å². The van der Waals surface area contributed by atoms with E-state index < -0.39 is 16.6 Å². The van der Waals surface area contributed by atoms with Crippen LogP contribution in [0, 0.1) is 15.9 Å². The van der Waals surface area contributed by atoms with Crippen LogP contribution in [0.5, 0.6) is 5.75 Å². The van der Waals surface area contributed by atoms with Crippen molar-refractivity contribution in [1.29, 1.82) is 0 Å². The molecule has 0 saturated heterocycles. The quantitative estimate of drug-likeness (QED) is 0.267. The van der Waals surface area contributed by atoms with Gasteiger partial charge in [0.25, 0.3) is 11.6 Å². The third-order valence-corrected chi connectivity index (χ3v) is 6.00. The number of imidazole rings is 1. The summed E-state index contributed by atoms with van der Waals surface area (Å²) in [5.41, 5.74) is 0.307. The predicted molar refractivity (Wildman–Crippen MR) is 126 cm³/mol. The first-order valence-electron chi connectivity index (χ1n) is 10.1. The molecule has 3 aromatic carbocycles. The second-order valence-corrected chi connectivity index (χ2v) is 8.28. The maximum Gasteiger partial charge on any atom is 0.270 e. The van der Waals surface area contributed by atoms with Crippen LogP contribution in [-0.2, 0) is 13.7 Å². The van der Waals surface area contributed by atoms with Crippen molar-refractivity contribution in [3.63, 3.8) is 0 Å². The molecule has 0 spiro atoms. The molecule has 4 rings (SSSR count). The number of aromatic nitrogens is 2. The highest BCUT2D eigenvalue weighted by atomic mass is 32.2. The molecule has 0 bridgehead atoms. The van der Waals surface area contributed by atoms with E-state index in [9.17, 15) is 19.3 Å². The molecule has 0 unspecified atom stereocenters. The first-order chi connectivity index (χ1) is 16.4. The van der Waals surface area contributed by atoms with Gasteiger partial charge in [-0.1, -0.05) is 23.9 Å². The molecule has 1 aromatic heterocycles. The Morgan fingerprint density at radius 2 is 1.91 bits per heavy atom. The molecule has 0 aliphatic carbocycles. The minimum Gasteiger partial charge on any atom is -0.486 e. The number of carbonyl (C=O) groups excluding carboxylic acids is 1. The molecule has 34 heavy (non-hydrogen) atoms. The van der Waals surface area contributed by atoms with Crippen molar-refractivity contribution in [1.82, 2.24) is 9.55 Å². The number of ether oxygens (including phenoxy) is 1. The van der Waals surface area contributed by atoms with Crippen LogP contribution in [0.3, 0.4) is 0 Å². The Balaban J connectivity index is 1.51. The summed E-state index contributed by atoms with van der Waals surface area (Å²) in [5, 5.41) is 14.0. The lowest BCUT2D eigenvalue weighted by Crippen LogP contribution is -2.13. The van der Waals surface area contributed by atoms with Gasteiger partial charge in [-0.2, -0.15) is 0 Å². The van der Waals surface area contributed by atoms with Crippen LogP contribution in [-0.4, -0.2) is 20.4 Å². The SMILES string of the molecule is Cn1ccnc1COc1ccc(NC(=O)c2cc([N+](=O)[O-])ccc2Sc2ccccc2F)cc1. The molecule has 0 aliphatic rings. The molecule has 0 radical (unpaired) electrons. The number of hydrogen-bond donors (Lipinski definition) is 1. The van der Waals surface area contributed by atoms with Crippen molar-refractivity contribution in [2.24, 2.45) is 7.05 Å². The number of hydrogen-bond acceptors (Lipinski definition) is 6. The standard InChI is InChI=1S/C24H19FN4O4S/c1-28-13-12-26-23(28)15-33-18-9-6-16(7-10-18)27-24(30)19-14-17(29(31)32)8-11-21(19)34-22-5-3-2-4-20(22)25/h2-14H,15H2,1H3,(H,27,30). The first kappa shape index (κ1) is 23.0. The number of benzene rings is 3. The van der Waals surface area contributed by atoms with Gasteiger partial charge in [-0.25, -0.2) is 9.37 Å².